The third kappa shape index (κ3) is 7.57. The topological polar surface area (TPSA) is 114 Å². The summed E-state index contributed by atoms with van der Waals surface area (Å²) in [7, 11) is 0. The molecule has 0 saturated carbocycles. The number of aromatic nitrogens is 2. The molecule has 3 N–H and O–H groups in total. The van der Waals surface area contributed by atoms with Crippen LogP contribution in [0.25, 0.3) is 17.3 Å². The molecule has 4 aromatic rings. The zero-order chi connectivity index (χ0) is 26.9. The van der Waals surface area contributed by atoms with Gasteiger partial charge in [0, 0.05) is 59.4 Å². The molecule has 1 aliphatic heterocycles. The molecule has 3 heterocycles. The van der Waals surface area contributed by atoms with E-state index < -0.39 is 6.29 Å². The van der Waals surface area contributed by atoms with E-state index in [1.165, 1.54) is 17.4 Å². The summed E-state index contributed by atoms with van der Waals surface area (Å²) in [5, 5.41) is 8.91. The molecule has 2 aromatic heterocycles. The van der Waals surface area contributed by atoms with Gasteiger partial charge >= 0.3 is 0 Å². The minimum Gasteiger partial charge on any atom is -0.350 e. The van der Waals surface area contributed by atoms with Gasteiger partial charge in [0.25, 0.3) is 11.8 Å². The van der Waals surface area contributed by atoms with Crippen LogP contribution in [0.15, 0.2) is 84.5 Å². The van der Waals surface area contributed by atoms with Crippen molar-refractivity contribution in [2.45, 2.75) is 25.6 Å². The van der Waals surface area contributed by atoms with Gasteiger partial charge in [0.15, 0.2) is 11.4 Å². The van der Waals surface area contributed by atoms with Crippen molar-refractivity contribution in [3.8, 4) is 11.3 Å². The van der Waals surface area contributed by atoms with Crippen molar-refractivity contribution in [3.63, 3.8) is 0 Å². The second kappa shape index (κ2) is 12.9. The lowest BCUT2D eigenvalue weighted by Gasteiger charge is -2.21. The average molecular weight is 542 g/mol. The van der Waals surface area contributed by atoms with Crippen LogP contribution in [-0.4, -0.2) is 34.7 Å². The number of rotatable bonds is 9. The quantitative estimate of drug-likeness (QED) is 0.182. The fourth-order valence-corrected chi connectivity index (χ4v) is 4.60. The molecule has 1 unspecified atom stereocenters. The number of hydrogen-bond donors (Lipinski definition) is 3. The molecule has 9 nitrogen and oxygen atoms in total. The molecular formula is C29H27N5O4S. The van der Waals surface area contributed by atoms with Crippen LogP contribution in [0.1, 0.15) is 35.2 Å². The average Bonchev–Trinajstić information content (AvgIpc) is 3.45. The second-order valence-corrected chi connectivity index (χ2v) is 9.63. The third-order valence-corrected chi connectivity index (χ3v) is 6.62. The molecule has 39 heavy (non-hydrogen) atoms. The molecule has 1 atom stereocenters. The van der Waals surface area contributed by atoms with Crippen LogP contribution in [-0.2, 0) is 14.4 Å². The van der Waals surface area contributed by atoms with Crippen LogP contribution >= 0.6 is 11.3 Å². The molecule has 198 valence electrons. The van der Waals surface area contributed by atoms with Gasteiger partial charge < -0.3 is 15.4 Å². The van der Waals surface area contributed by atoms with Crippen molar-refractivity contribution in [2.24, 2.45) is 0 Å². The first-order valence-corrected chi connectivity index (χ1v) is 13.4. The molecule has 1 aliphatic rings. The summed E-state index contributed by atoms with van der Waals surface area (Å²) in [5.74, 6) is -0.625. The number of hydroxylamine groups is 1. The normalized spacial score (nSPS) is 15.1. The summed E-state index contributed by atoms with van der Waals surface area (Å²) in [4.78, 5) is 38.8. The number of hydrogen-bond acceptors (Lipinski definition) is 8. The zero-order valence-corrected chi connectivity index (χ0v) is 21.8. The maximum atomic E-state index is 12.8. The first-order chi connectivity index (χ1) is 19.1. The summed E-state index contributed by atoms with van der Waals surface area (Å²) in [6, 6.07) is 18.2. The predicted octanol–water partition coefficient (Wildman–Crippen LogP) is 5.79. The Labute approximate surface area is 229 Å². The summed E-state index contributed by atoms with van der Waals surface area (Å²) in [6.07, 6.45) is 8.90. The SMILES string of the molecule is O=C(/C=C/c1ccc(C(=O)Nc2cccc(Nc3nc(-c4cccnc4)cs3)c2)cc1)NOC1CCCCO1. The number of thiazole rings is 1. The first-order valence-electron chi connectivity index (χ1n) is 12.5. The Bertz CT molecular complexity index is 1430. The van der Waals surface area contributed by atoms with Crippen LogP contribution in [0.5, 0.6) is 0 Å². The van der Waals surface area contributed by atoms with Crippen LogP contribution in [0.2, 0.25) is 0 Å². The van der Waals surface area contributed by atoms with Crippen molar-refractivity contribution < 1.29 is 19.2 Å². The molecule has 2 aromatic carbocycles. The van der Waals surface area contributed by atoms with Crippen LogP contribution in [0, 0.1) is 0 Å². The van der Waals surface area contributed by atoms with Gasteiger partial charge in [0.05, 0.1) is 5.69 Å². The fraction of sp³-hybridized carbons (Fsp3) is 0.172. The van der Waals surface area contributed by atoms with E-state index in [0.29, 0.717) is 17.9 Å². The fourth-order valence-electron chi connectivity index (χ4n) is 3.86. The van der Waals surface area contributed by atoms with Gasteiger partial charge in [0.1, 0.15) is 0 Å². The Balaban J connectivity index is 1.13. The van der Waals surface area contributed by atoms with Gasteiger partial charge in [-0.05, 0) is 66.9 Å². The van der Waals surface area contributed by atoms with E-state index in [1.54, 1.807) is 42.7 Å². The highest BCUT2D eigenvalue weighted by Crippen LogP contribution is 2.27. The van der Waals surface area contributed by atoms with Gasteiger partial charge in [-0.2, -0.15) is 0 Å². The number of nitrogens with zero attached hydrogens (tertiary/aromatic N) is 2. The van der Waals surface area contributed by atoms with Crippen molar-refractivity contribution in [3.05, 3.63) is 95.6 Å². The first kappa shape index (κ1) is 26.2. The molecule has 10 heteroatoms. The van der Waals surface area contributed by atoms with Gasteiger partial charge in [-0.15, -0.1) is 11.3 Å². The number of carbonyl (C=O) groups excluding carboxylic acids is 2. The Morgan fingerprint density at radius 1 is 1.05 bits per heavy atom. The Kier molecular flexibility index (Phi) is 8.69. The van der Waals surface area contributed by atoms with E-state index in [2.05, 4.69) is 26.1 Å². The number of pyridine rings is 1. The highest BCUT2D eigenvalue weighted by atomic mass is 32.1. The van der Waals surface area contributed by atoms with Crippen LogP contribution < -0.4 is 16.1 Å². The van der Waals surface area contributed by atoms with E-state index in [1.807, 2.05) is 41.8 Å². The summed E-state index contributed by atoms with van der Waals surface area (Å²) < 4.78 is 5.41. The van der Waals surface area contributed by atoms with E-state index in [-0.39, 0.29) is 11.8 Å². The Morgan fingerprint density at radius 3 is 2.72 bits per heavy atom. The minimum atomic E-state index is -0.400. The molecule has 1 saturated heterocycles. The zero-order valence-electron chi connectivity index (χ0n) is 21.0. The van der Waals surface area contributed by atoms with E-state index >= 15 is 0 Å². The number of nitrogens with one attached hydrogen (secondary N) is 3. The van der Waals surface area contributed by atoms with E-state index in [0.717, 1.165) is 46.9 Å². The van der Waals surface area contributed by atoms with Crippen molar-refractivity contribution in [1.29, 1.82) is 0 Å². The molecule has 0 aliphatic carbocycles. The van der Waals surface area contributed by atoms with Gasteiger partial charge in [-0.1, -0.05) is 18.2 Å². The minimum absolute atomic E-state index is 0.241. The smallest absolute Gasteiger partial charge is 0.267 e. The predicted molar refractivity (Wildman–Crippen MR) is 151 cm³/mol. The Morgan fingerprint density at radius 2 is 1.92 bits per heavy atom. The second-order valence-electron chi connectivity index (χ2n) is 8.78. The Hall–Kier alpha value is -4.38. The number of ether oxygens (including phenoxy) is 1. The molecule has 0 radical (unpaired) electrons. The van der Waals surface area contributed by atoms with Crippen molar-refractivity contribution in [1.82, 2.24) is 15.4 Å². The monoisotopic (exact) mass is 541 g/mol. The third-order valence-electron chi connectivity index (χ3n) is 5.86. The standard InChI is InChI=1S/C29H27N5O4S/c35-26(34-38-27-8-1-2-16-37-27)14-11-20-9-12-21(13-10-20)28(36)31-23-6-3-7-24(17-23)32-29-33-25(19-39-29)22-5-4-15-30-18-22/h3-7,9-15,17-19,27H,1-2,8,16H2,(H,31,36)(H,32,33)(H,34,35)/b14-11+. The van der Waals surface area contributed by atoms with Crippen molar-refractivity contribution in [2.75, 3.05) is 17.2 Å². The lowest BCUT2D eigenvalue weighted by Crippen LogP contribution is -2.32. The summed E-state index contributed by atoms with van der Waals surface area (Å²) in [6.45, 7) is 0.638. The van der Waals surface area contributed by atoms with Gasteiger partial charge in [0.2, 0.25) is 0 Å². The molecule has 0 bridgehead atoms. The van der Waals surface area contributed by atoms with Gasteiger partial charge in [-0.25, -0.2) is 15.3 Å². The number of anilines is 3. The summed E-state index contributed by atoms with van der Waals surface area (Å²) in [5.41, 5.74) is 6.90. The number of carbonyl (C=O) groups is 2. The molecule has 1 fully saturated rings. The van der Waals surface area contributed by atoms with E-state index in [9.17, 15) is 9.59 Å². The molecule has 2 amide bonds. The summed E-state index contributed by atoms with van der Waals surface area (Å²) >= 11 is 1.49. The lowest BCUT2D eigenvalue weighted by atomic mass is 10.1. The molecule has 0 spiro atoms. The van der Waals surface area contributed by atoms with Crippen molar-refractivity contribution >= 4 is 45.7 Å². The van der Waals surface area contributed by atoms with Crippen LogP contribution in [0.4, 0.5) is 16.5 Å². The lowest BCUT2D eigenvalue weighted by molar-refractivity contribution is -0.198. The largest absolute Gasteiger partial charge is 0.350 e. The van der Waals surface area contributed by atoms with Gasteiger partial charge in [-0.3, -0.25) is 14.6 Å². The number of amides is 2. The molecule has 5 rings (SSSR count). The number of benzene rings is 2. The maximum Gasteiger partial charge on any atom is 0.267 e. The van der Waals surface area contributed by atoms with Crippen LogP contribution in [0.3, 0.4) is 0 Å². The highest BCUT2D eigenvalue weighted by molar-refractivity contribution is 7.14. The maximum absolute atomic E-state index is 12.8. The molecular weight excluding hydrogens is 514 g/mol. The highest BCUT2D eigenvalue weighted by Gasteiger charge is 2.15. The van der Waals surface area contributed by atoms with E-state index in [4.69, 9.17) is 9.57 Å².